The van der Waals surface area contributed by atoms with Crippen LogP contribution in [0.25, 0.3) is 0 Å². The van der Waals surface area contributed by atoms with Gasteiger partial charge in [-0.2, -0.15) is 0 Å². The van der Waals surface area contributed by atoms with Crippen molar-refractivity contribution in [2.45, 2.75) is 6.92 Å². The molecule has 1 N–H and O–H groups in total. The van der Waals surface area contributed by atoms with E-state index in [1.807, 2.05) is 0 Å². The summed E-state index contributed by atoms with van der Waals surface area (Å²) in [6.45, 7) is 2.11. The molecule has 1 aliphatic rings. The predicted octanol–water partition coefficient (Wildman–Crippen LogP) is 0.797. The van der Waals surface area contributed by atoms with Crippen molar-refractivity contribution < 1.29 is 9.59 Å². The Hall–Kier alpha value is -1.09. The van der Waals surface area contributed by atoms with E-state index in [4.69, 9.17) is 11.6 Å². The summed E-state index contributed by atoms with van der Waals surface area (Å²) < 4.78 is 0. The third-order valence-corrected chi connectivity index (χ3v) is 1.88. The van der Waals surface area contributed by atoms with Crippen LogP contribution in [0.3, 0.4) is 0 Å². The Morgan fingerprint density at radius 3 is 2.62 bits per heavy atom. The Morgan fingerprint density at radius 1 is 1.31 bits per heavy atom. The van der Waals surface area contributed by atoms with Crippen LogP contribution in [-0.2, 0) is 9.59 Å². The van der Waals surface area contributed by atoms with Crippen molar-refractivity contribution in [1.82, 2.24) is 5.32 Å². The van der Waals surface area contributed by atoms with Gasteiger partial charge in [0.25, 0.3) is 0 Å². The van der Waals surface area contributed by atoms with Crippen molar-refractivity contribution >= 4 is 23.2 Å². The SMILES string of the molecule is CC1=CC(=O)C(NCCCl)=CC1=O. The van der Waals surface area contributed by atoms with E-state index in [-0.39, 0.29) is 11.6 Å². The second-order valence-corrected chi connectivity index (χ2v) is 3.11. The fourth-order valence-corrected chi connectivity index (χ4v) is 1.08. The molecule has 0 unspecified atom stereocenters. The zero-order valence-electron chi connectivity index (χ0n) is 7.26. The third-order valence-electron chi connectivity index (χ3n) is 1.69. The van der Waals surface area contributed by atoms with Crippen LogP contribution in [0.2, 0.25) is 0 Å². The lowest BCUT2D eigenvalue weighted by Gasteiger charge is -2.10. The maximum atomic E-state index is 11.3. The molecule has 0 aliphatic heterocycles. The second-order valence-electron chi connectivity index (χ2n) is 2.73. The van der Waals surface area contributed by atoms with Gasteiger partial charge < -0.3 is 5.32 Å². The number of carbonyl (C=O) groups excluding carboxylic acids is 2. The van der Waals surface area contributed by atoms with Gasteiger partial charge in [-0.25, -0.2) is 0 Å². The van der Waals surface area contributed by atoms with Crippen LogP contribution < -0.4 is 5.32 Å². The van der Waals surface area contributed by atoms with E-state index < -0.39 is 0 Å². The molecule has 0 atom stereocenters. The molecule has 0 radical (unpaired) electrons. The number of hydrogen-bond acceptors (Lipinski definition) is 3. The lowest BCUT2D eigenvalue weighted by Crippen LogP contribution is -2.25. The largest absolute Gasteiger partial charge is 0.381 e. The normalized spacial score (nSPS) is 16.8. The summed E-state index contributed by atoms with van der Waals surface area (Å²) in [7, 11) is 0. The lowest BCUT2D eigenvalue weighted by molar-refractivity contribution is -0.115. The van der Waals surface area contributed by atoms with E-state index in [2.05, 4.69) is 5.32 Å². The fourth-order valence-electron chi connectivity index (χ4n) is 0.982. The molecule has 0 spiro atoms. The molecule has 4 heteroatoms. The molecule has 0 aromatic carbocycles. The van der Waals surface area contributed by atoms with Crippen molar-refractivity contribution in [1.29, 1.82) is 0 Å². The van der Waals surface area contributed by atoms with Gasteiger partial charge in [0, 0.05) is 24.1 Å². The molecule has 70 valence electrons. The molecule has 0 saturated heterocycles. The van der Waals surface area contributed by atoms with Gasteiger partial charge in [0.1, 0.15) is 0 Å². The highest BCUT2D eigenvalue weighted by Gasteiger charge is 2.16. The van der Waals surface area contributed by atoms with Crippen molar-refractivity contribution in [3.05, 3.63) is 23.4 Å². The summed E-state index contributed by atoms with van der Waals surface area (Å²) >= 11 is 5.43. The summed E-state index contributed by atoms with van der Waals surface area (Å²) in [5, 5.41) is 2.79. The smallest absolute Gasteiger partial charge is 0.202 e. The minimum absolute atomic E-state index is 0.128. The van der Waals surface area contributed by atoms with E-state index in [9.17, 15) is 9.59 Å². The Kier molecular flexibility index (Phi) is 3.25. The highest BCUT2D eigenvalue weighted by Crippen LogP contribution is 2.08. The van der Waals surface area contributed by atoms with E-state index in [1.54, 1.807) is 6.92 Å². The molecule has 0 aromatic heterocycles. The van der Waals surface area contributed by atoms with Gasteiger partial charge in [-0.05, 0) is 13.0 Å². The van der Waals surface area contributed by atoms with Crippen LogP contribution in [-0.4, -0.2) is 24.0 Å². The molecule has 13 heavy (non-hydrogen) atoms. The molecule has 0 fully saturated rings. The summed E-state index contributed by atoms with van der Waals surface area (Å²) in [6.07, 6.45) is 2.64. The van der Waals surface area contributed by atoms with Crippen LogP contribution >= 0.6 is 11.6 Å². The van der Waals surface area contributed by atoms with Crippen molar-refractivity contribution in [3.8, 4) is 0 Å². The lowest BCUT2D eigenvalue weighted by atomic mass is 10.0. The molecule has 0 saturated carbocycles. The highest BCUT2D eigenvalue weighted by atomic mass is 35.5. The Balaban J connectivity index is 2.71. The standard InChI is InChI=1S/C9H10ClNO2/c1-6-4-9(13)7(5-8(6)12)11-3-2-10/h4-5,11H,2-3H2,1H3. The Bertz CT molecular complexity index is 305. The zero-order valence-corrected chi connectivity index (χ0v) is 8.02. The average Bonchev–Trinajstić information content (AvgIpc) is 2.09. The topological polar surface area (TPSA) is 46.2 Å². The van der Waals surface area contributed by atoms with E-state index >= 15 is 0 Å². The number of alkyl halides is 1. The van der Waals surface area contributed by atoms with Crippen LogP contribution in [0.5, 0.6) is 0 Å². The maximum absolute atomic E-state index is 11.3. The van der Waals surface area contributed by atoms with Crippen LogP contribution in [0, 0.1) is 0 Å². The summed E-state index contributed by atoms with van der Waals surface area (Å²) in [6, 6.07) is 0. The first kappa shape index (κ1) is 9.99. The number of rotatable bonds is 3. The molecule has 0 bridgehead atoms. The zero-order chi connectivity index (χ0) is 9.84. The Morgan fingerprint density at radius 2 is 2.00 bits per heavy atom. The maximum Gasteiger partial charge on any atom is 0.202 e. The van der Waals surface area contributed by atoms with Gasteiger partial charge in [0.2, 0.25) is 5.78 Å². The van der Waals surface area contributed by atoms with Gasteiger partial charge in [-0.1, -0.05) is 0 Å². The number of halogens is 1. The Labute approximate surface area is 81.4 Å². The van der Waals surface area contributed by atoms with E-state index in [1.165, 1.54) is 12.2 Å². The molecular weight excluding hydrogens is 190 g/mol. The van der Waals surface area contributed by atoms with Gasteiger partial charge in [0.05, 0.1) is 5.70 Å². The first-order valence-corrected chi connectivity index (χ1v) is 4.47. The number of carbonyl (C=O) groups is 2. The first-order chi connectivity index (χ1) is 6.15. The number of hydrogen-bond donors (Lipinski definition) is 1. The summed E-state index contributed by atoms with van der Waals surface area (Å²) in [5.41, 5.74) is 0.803. The number of ketones is 2. The summed E-state index contributed by atoms with van der Waals surface area (Å²) in [5.74, 6) is 0.112. The molecule has 0 aromatic rings. The van der Waals surface area contributed by atoms with Gasteiger partial charge in [-0.15, -0.1) is 11.6 Å². The molecular formula is C9H10ClNO2. The minimum Gasteiger partial charge on any atom is -0.381 e. The molecule has 1 aliphatic carbocycles. The molecule has 1 rings (SSSR count). The van der Waals surface area contributed by atoms with Crippen molar-refractivity contribution in [2.75, 3.05) is 12.4 Å². The monoisotopic (exact) mass is 199 g/mol. The summed E-state index contributed by atoms with van der Waals surface area (Å²) in [4.78, 5) is 22.4. The highest BCUT2D eigenvalue weighted by molar-refractivity contribution is 6.19. The quantitative estimate of drug-likeness (QED) is 0.540. The van der Waals surface area contributed by atoms with Crippen LogP contribution in [0.15, 0.2) is 23.4 Å². The van der Waals surface area contributed by atoms with Gasteiger partial charge >= 0.3 is 0 Å². The molecule has 0 heterocycles. The van der Waals surface area contributed by atoms with Crippen molar-refractivity contribution in [2.24, 2.45) is 0 Å². The predicted molar refractivity (Wildman–Crippen MR) is 50.6 cm³/mol. The van der Waals surface area contributed by atoms with Crippen LogP contribution in [0.1, 0.15) is 6.92 Å². The molecule has 3 nitrogen and oxygen atoms in total. The van der Waals surface area contributed by atoms with Gasteiger partial charge in [0.15, 0.2) is 5.78 Å². The number of nitrogens with one attached hydrogen (secondary N) is 1. The van der Waals surface area contributed by atoms with Crippen LogP contribution in [0.4, 0.5) is 0 Å². The minimum atomic E-state index is -0.165. The van der Waals surface area contributed by atoms with Gasteiger partial charge in [-0.3, -0.25) is 9.59 Å². The average molecular weight is 200 g/mol. The van der Waals surface area contributed by atoms with E-state index in [0.29, 0.717) is 23.7 Å². The third kappa shape index (κ3) is 2.42. The first-order valence-electron chi connectivity index (χ1n) is 3.93. The molecule has 0 amide bonds. The number of allylic oxidation sites excluding steroid dienone is 3. The van der Waals surface area contributed by atoms with Crippen molar-refractivity contribution in [3.63, 3.8) is 0 Å². The fraction of sp³-hybridized carbons (Fsp3) is 0.333. The van der Waals surface area contributed by atoms with E-state index in [0.717, 1.165) is 0 Å². The second kappa shape index (κ2) is 4.23.